The molecule has 0 aliphatic carbocycles. The van der Waals surface area contributed by atoms with Crippen molar-refractivity contribution < 1.29 is 0 Å². The van der Waals surface area contributed by atoms with Crippen LogP contribution in [0.15, 0.2) is 30.3 Å². The van der Waals surface area contributed by atoms with Gasteiger partial charge in [-0.05, 0) is 30.9 Å². The van der Waals surface area contributed by atoms with Crippen LogP contribution in [0.5, 0.6) is 0 Å². The molecular weight excluding hydrogens is 220 g/mol. The number of benzene rings is 1. The Morgan fingerprint density at radius 1 is 1.17 bits per heavy atom. The molecule has 2 heteroatoms. The Morgan fingerprint density at radius 2 is 1.78 bits per heavy atom. The molecule has 0 bridgehead atoms. The number of hydrogen-bond acceptors (Lipinski definition) is 2. The van der Waals surface area contributed by atoms with Gasteiger partial charge in [0.2, 0.25) is 0 Å². The molecular formula is C16H28N2. The maximum absolute atomic E-state index is 5.92. The molecule has 1 aromatic rings. The lowest BCUT2D eigenvalue weighted by molar-refractivity contribution is 0.168. The first kappa shape index (κ1) is 15.2. The Balaban J connectivity index is 2.47. The van der Waals surface area contributed by atoms with E-state index in [1.165, 1.54) is 5.56 Å². The second-order valence-electron chi connectivity index (χ2n) is 6.39. The first-order chi connectivity index (χ1) is 8.42. The van der Waals surface area contributed by atoms with Gasteiger partial charge in [0, 0.05) is 19.1 Å². The normalized spacial score (nSPS) is 13.9. The quantitative estimate of drug-likeness (QED) is 0.838. The molecule has 1 atom stereocenters. The van der Waals surface area contributed by atoms with Crippen LogP contribution in [-0.4, -0.2) is 31.1 Å². The van der Waals surface area contributed by atoms with Gasteiger partial charge in [-0.1, -0.05) is 51.1 Å². The highest BCUT2D eigenvalue weighted by Gasteiger charge is 2.19. The van der Waals surface area contributed by atoms with E-state index >= 15 is 0 Å². The van der Waals surface area contributed by atoms with Crippen LogP contribution in [0.2, 0.25) is 0 Å². The third-order valence-corrected chi connectivity index (χ3v) is 3.23. The Morgan fingerprint density at radius 3 is 2.28 bits per heavy atom. The summed E-state index contributed by atoms with van der Waals surface area (Å²) in [5.74, 6) is 0. The van der Waals surface area contributed by atoms with Gasteiger partial charge < -0.3 is 10.6 Å². The van der Waals surface area contributed by atoms with Crippen LogP contribution in [0.3, 0.4) is 0 Å². The molecule has 0 spiro atoms. The van der Waals surface area contributed by atoms with Gasteiger partial charge in [-0.3, -0.25) is 0 Å². The molecule has 0 aliphatic heterocycles. The van der Waals surface area contributed by atoms with Crippen LogP contribution in [0.4, 0.5) is 0 Å². The van der Waals surface area contributed by atoms with Crippen molar-refractivity contribution in [2.24, 2.45) is 11.1 Å². The summed E-state index contributed by atoms with van der Waals surface area (Å²) in [4.78, 5) is 2.41. The number of rotatable bonds is 6. The predicted octanol–water partition coefficient (Wildman–Crippen LogP) is 2.92. The average Bonchev–Trinajstić information content (AvgIpc) is 2.29. The van der Waals surface area contributed by atoms with E-state index in [2.05, 4.69) is 63.1 Å². The van der Waals surface area contributed by atoms with Crippen molar-refractivity contribution in [2.45, 2.75) is 39.7 Å². The molecule has 2 nitrogen and oxygen atoms in total. The van der Waals surface area contributed by atoms with E-state index in [4.69, 9.17) is 5.73 Å². The third kappa shape index (κ3) is 5.65. The van der Waals surface area contributed by atoms with Crippen LogP contribution in [0.1, 0.15) is 32.8 Å². The molecule has 102 valence electrons. The summed E-state index contributed by atoms with van der Waals surface area (Å²) in [6.07, 6.45) is 2.24. The number of nitrogens with zero attached hydrogens (tertiary/aromatic N) is 1. The minimum absolute atomic E-state index is 0.328. The van der Waals surface area contributed by atoms with Crippen LogP contribution in [0.25, 0.3) is 0 Å². The topological polar surface area (TPSA) is 29.3 Å². The predicted molar refractivity (Wildman–Crippen MR) is 79.7 cm³/mol. The van der Waals surface area contributed by atoms with E-state index in [0.29, 0.717) is 11.5 Å². The van der Waals surface area contributed by atoms with Gasteiger partial charge in [0.15, 0.2) is 0 Å². The maximum atomic E-state index is 5.92. The summed E-state index contributed by atoms with van der Waals surface area (Å²) in [7, 11) is 2.19. The lowest BCUT2D eigenvalue weighted by Gasteiger charge is -2.32. The Hall–Kier alpha value is -0.860. The highest BCUT2D eigenvalue weighted by atomic mass is 15.1. The van der Waals surface area contributed by atoms with E-state index in [0.717, 1.165) is 25.9 Å². The number of likely N-dealkylation sites (N-methyl/N-ethyl adjacent to an activating group) is 1. The first-order valence-corrected chi connectivity index (χ1v) is 6.86. The zero-order chi connectivity index (χ0) is 13.6. The van der Waals surface area contributed by atoms with Gasteiger partial charge in [-0.2, -0.15) is 0 Å². The zero-order valence-electron chi connectivity index (χ0n) is 12.3. The van der Waals surface area contributed by atoms with Crippen molar-refractivity contribution >= 4 is 0 Å². The minimum Gasteiger partial charge on any atom is -0.329 e. The smallest absolute Gasteiger partial charge is 0.0218 e. The summed E-state index contributed by atoms with van der Waals surface area (Å²) in [6, 6.07) is 11.1. The van der Waals surface area contributed by atoms with Crippen molar-refractivity contribution in [2.75, 3.05) is 20.1 Å². The molecule has 0 radical (unpaired) electrons. The van der Waals surface area contributed by atoms with E-state index in [9.17, 15) is 0 Å². The summed E-state index contributed by atoms with van der Waals surface area (Å²) in [6.45, 7) is 8.64. The minimum atomic E-state index is 0.328. The highest BCUT2D eigenvalue weighted by molar-refractivity contribution is 5.14. The molecule has 2 N–H and O–H groups in total. The Labute approximate surface area is 112 Å². The maximum Gasteiger partial charge on any atom is 0.0218 e. The lowest BCUT2D eigenvalue weighted by Crippen LogP contribution is -2.42. The second-order valence-corrected chi connectivity index (χ2v) is 6.39. The van der Waals surface area contributed by atoms with Crippen molar-refractivity contribution in [1.82, 2.24) is 4.90 Å². The van der Waals surface area contributed by atoms with Gasteiger partial charge in [-0.25, -0.2) is 0 Å². The Bertz CT molecular complexity index is 327. The summed E-state index contributed by atoms with van der Waals surface area (Å²) >= 11 is 0. The molecule has 0 aromatic heterocycles. The SMILES string of the molecule is CN(CC(C)(C)C)C(CN)CCc1ccccc1. The molecule has 1 aromatic carbocycles. The van der Waals surface area contributed by atoms with Gasteiger partial charge >= 0.3 is 0 Å². The van der Waals surface area contributed by atoms with Crippen molar-refractivity contribution in [1.29, 1.82) is 0 Å². The van der Waals surface area contributed by atoms with Crippen molar-refractivity contribution in [3.05, 3.63) is 35.9 Å². The number of nitrogens with two attached hydrogens (primary N) is 1. The third-order valence-electron chi connectivity index (χ3n) is 3.23. The van der Waals surface area contributed by atoms with Gasteiger partial charge in [0.1, 0.15) is 0 Å². The molecule has 1 rings (SSSR count). The molecule has 0 saturated carbocycles. The van der Waals surface area contributed by atoms with E-state index in [-0.39, 0.29) is 0 Å². The van der Waals surface area contributed by atoms with Gasteiger partial charge in [0.05, 0.1) is 0 Å². The largest absolute Gasteiger partial charge is 0.329 e. The Kier molecular flexibility index (Phi) is 5.83. The van der Waals surface area contributed by atoms with E-state index in [1.807, 2.05) is 0 Å². The second kappa shape index (κ2) is 6.91. The molecule has 1 unspecified atom stereocenters. The average molecular weight is 248 g/mol. The number of hydrogen-bond donors (Lipinski definition) is 1. The van der Waals surface area contributed by atoms with Crippen LogP contribution in [-0.2, 0) is 6.42 Å². The summed E-state index contributed by atoms with van der Waals surface area (Å²) in [5, 5.41) is 0. The van der Waals surface area contributed by atoms with Crippen LogP contribution < -0.4 is 5.73 Å². The molecule has 0 amide bonds. The molecule has 0 fully saturated rings. The fourth-order valence-corrected chi connectivity index (χ4v) is 2.37. The summed E-state index contributed by atoms with van der Waals surface area (Å²) < 4.78 is 0. The molecule has 18 heavy (non-hydrogen) atoms. The fourth-order valence-electron chi connectivity index (χ4n) is 2.37. The fraction of sp³-hybridized carbons (Fsp3) is 0.625. The first-order valence-electron chi connectivity index (χ1n) is 6.86. The summed E-state index contributed by atoms with van der Waals surface area (Å²) in [5.41, 5.74) is 7.65. The molecule has 0 heterocycles. The van der Waals surface area contributed by atoms with E-state index < -0.39 is 0 Å². The van der Waals surface area contributed by atoms with Gasteiger partial charge in [0.25, 0.3) is 0 Å². The molecule has 0 aliphatic rings. The van der Waals surface area contributed by atoms with Crippen molar-refractivity contribution in [3.63, 3.8) is 0 Å². The highest BCUT2D eigenvalue weighted by Crippen LogP contribution is 2.17. The van der Waals surface area contributed by atoms with E-state index in [1.54, 1.807) is 0 Å². The van der Waals surface area contributed by atoms with Gasteiger partial charge in [-0.15, -0.1) is 0 Å². The monoisotopic (exact) mass is 248 g/mol. The van der Waals surface area contributed by atoms with Crippen LogP contribution in [0, 0.1) is 5.41 Å². The molecule has 0 saturated heterocycles. The lowest BCUT2D eigenvalue weighted by atomic mass is 9.94. The number of aryl methyl sites for hydroxylation is 1. The zero-order valence-corrected chi connectivity index (χ0v) is 12.3. The van der Waals surface area contributed by atoms with Crippen molar-refractivity contribution in [3.8, 4) is 0 Å². The standard InChI is InChI=1S/C16H28N2/c1-16(2,3)13-18(4)15(12-17)11-10-14-8-6-5-7-9-14/h5-9,15H,10-13,17H2,1-4H3. The van der Waals surface area contributed by atoms with Crippen LogP contribution >= 0.6 is 0 Å².